The van der Waals surface area contributed by atoms with Gasteiger partial charge in [-0.05, 0) is 56.0 Å². The molecule has 3 aromatic rings. The molecule has 1 amide bonds. The van der Waals surface area contributed by atoms with Crippen LogP contribution in [0.4, 0.5) is 5.69 Å². The van der Waals surface area contributed by atoms with E-state index in [1.54, 1.807) is 18.3 Å². The third-order valence-corrected chi connectivity index (χ3v) is 6.84. The predicted octanol–water partition coefficient (Wildman–Crippen LogP) is 2.15. The third-order valence-electron chi connectivity index (χ3n) is 6.84. The van der Waals surface area contributed by atoms with Crippen LogP contribution in [0.15, 0.2) is 41.3 Å². The van der Waals surface area contributed by atoms with Gasteiger partial charge in [0.25, 0.3) is 11.5 Å². The molecule has 1 saturated heterocycles. The first-order chi connectivity index (χ1) is 16.5. The van der Waals surface area contributed by atoms with Gasteiger partial charge in [-0.25, -0.2) is 4.98 Å². The molecular weight excluding hydrogens is 436 g/mol. The second-order valence-corrected chi connectivity index (χ2v) is 8.88. The molecule has 0 unspecified atom stereocenters. The first kappa shape index (κ1) is 22.3. The summed E-state index contributed by atoms with van der Waals surface area (Å²) < 4.78 is 11.7. The maximum absolute atomic E-state index is 13.3. The number of nitrogens with one attached hydrogen (secondary N) is 1. The van der Waals surface area contributed by atoms with Crippen molar-refractivity contribution in [1.29, 1.82) is 0 Å². The van der Waals surface area contributed by atoms with Gasteiger partial charge in [-0.2, -0.15) is 0 Å². The second kappa shape index (κ2) is 9.42. The van der Waals surface area contributed by atoms with Crippen LogP contribution in [-0.4, -0.2) is 60.7 Å². The van der Waals surface area contributed by atoms with Crippen molar-refractivity contribution in [3.05, 3.63) is 52.4 Å². The molecule has 0 radical (unpaired) electrons. The molecule has 1 aliphatic heterocycles. The largest absolute Gasteiger partial charge is 0.469 e. The Kier molecular flexibility index (Phi) is 6.19. The summed E-state index contributed by atoms with van der Waals surface area (Å²) >= 11 is 0. The Labute approximate surface area is 196 Å². The van der Waals surface area contributed by atoms with Crippen molar-refractivity contribution in [3.63, 3.8) is 0 Å². The van der Waals surface area contributed by atoms with Crippen LogP contribution in [0.1, 0.15) is 36.0 Å². The molecule has 1 aliphatic carbocycles. The maximum atomic E-state index is 13.3. The smallest absolute Gasteiger partial charge is 0.308 e. The Morgan fingerprint density at radius 2 is 1.88 bits per heavy atom. The summed E-state index contributed by atoms with van der Waals surface area (Å²) in [7, 11) is 1.40. The van der Waals surface area contributed by atoms with Crippen molar-refractivity contribution in [3.8, 4) is 0 Å². The van der Waals surface area contributed by atoms with Crippen LogP contribution >= 0.6 is 0 Å². The first-order valence-corrected chi connectivity index (χ1v) is 11.7. The average Bonchev–Trinajstić information content (AvgIpc) is 2.89. The third kappa shape index (κ3) is 4.23. The zero-order valence-corrected chi connectivity index (χ0v) is 19.2. The number of methoxy groups -OCH3 is 1. The molecule has 9 heteroatoms. The molecule has 9 nitrogen and oxygen atoms in total. The minimum Gasteiger partial charge on any atom is -0.469 e. The number of benzene rings is 1. The Bertz CT molecular complexity index is 1290. The number of hydrogen-bond donors (Lipinski definition) is 1. The van der Waals surface area contributed by atoms with Crippen LogP contribution in [0.2, 0.25) is 0 Å². The van der Waals surface area contributed by atoms with Crippen LogP contribution in [0.25, 0.3) is 16.6 Å². The van der Waals surface area contributed by atoms with E-state index in [4.69, 9.17) is 9.47 Å². The number of amides is 1. The fraction of sp³-hybridized carbons (Fsp3) is 0.440. The number of hydrogen-bond acceptors (Lipinski definition) is 7. The molecule has 178 valence electrons. The van der Waals surface area contributed by atoms with Crippen molar-refractivity contribution in [2.45, 2.75) is 31.7 Å². The number of fused-ring (bicyclic) bond motifs is 2. The highest BCUT2D eigenvalue weighted by Crippen LogP contribution is 2.26. The van der Waals surface area contributed by atoms with Crippen LogP contribution < -0.4 is 15.8 Å². The number of anilines is 1. The van der Waals surface area contributed by atoms with Gasteiger partial charge < -0.3 is 19.7 Å². The van der Waals surface area contributed by atoms with E-state index < -0.39 is 0 Å². The van der Waals surface area contributed by atoms with Gasteiger partial charge in [0.15, 0.2) is 5.65 Å². The number of carbonyl (C=O) groups excluding carboxylic acids is 2. The number of pyridine rings is 1. The van der Waals surface area contributed by atoms with E-state index in [0.29, 0.717) is 61.0 Å². The van der Waals surface area contributed by atoms with E-state index >= 15 is 0 Å². The summed E-state index contributed by atoms with van der Waals surface area (Å²) in [5.74, 6) is -0.563. The van der Waals surface area contributed by atoms with Crippen LogP contribution in [-0.2, 0) is 14.3 Å². The highest BCUT2D eigenvalue weighted by Gasteiger charge is 2.28. The molecule has 0 bridgehead atoms. The lowest BCUT2D eigenvalue weighted by Crippen LogP contribution is -2.39. The lowest BCUT2D eigenvalue weighted by Gasteiger charge is -2.29. The number of rotatable bonds is 4. The van der Waals surface area contributed by atoms with Crippen LogP contribution in [0, 0.1) is 5.92 Å². The Morgan fingerprint density at radius 3 is 2.62 bits per heavy atom. The van der Waals surface area contributed by atoms with E-state index in [0.717, 1.165) is 18.8 Å². The number of aromatic nitrogens is 2. The van der Waals surface area contributed by atoms with E-state index in [9.17, 15) is 14.4 Å². The first-order valence-electron chi connectivity index (χ1n) is 11.7. The Balaban J connectivity index is 1.41. The summed E-state index contributed by atoms with van der Waals surface area (Å²) in [4.78, 5) is 45.1. The standard InChI is InChI=1S/C25H28N4O5/c1-33-25(32)16-4-6-17(7-5-16)26-23(30)19-3-2-10-29-22(19)27-21-9-8-18(15-20(21)24(29)31)28-11-13-34-14-12-28/h2-3,8-10,15-17H,4-7,11-14H2,1H3,(H,26,30). The molecule has 1 N–H and O–H groups in total. The highest BCUT2D eigenvalue weighted by molar-refractivity contribution is 6.00. The predicted molar refractivity (Wildman–Crippen MR) is 127 cm³/mol. The average molecular weight is 465 g/mol. The maximum Gasteiger partial charge on any atom is 0.308 e. The van der Waals surface area contributed by atoms with E-state index in [1.165, 1.54) is 11.5 Å². The van der Waals surface area contributed by atoms with E-state index in [2.05, 4.69) is 15.2 Å². The van der Waals surface area contributed by atoms with Crippen molar-refractivity contribution in [2.24, 2.45) is 5.92 Å². The monoisotopic (exact) mass is 464 g/mol. The molecule has 5 rings (SSSR count). The lowest BCUT2D eigenvalue weighted by atomic mass is 9.86. The number of esters is 1. The fourth-order valence-electron chi connectivity index (χ4n) is 4.91. The van der Waals surface area contributed by atoms with Crippen molar-refractivity contribution in [1.82, 2.24) is 14.7 Å². The van der Waals surface area contributed by atoms with Crippen molar-refractivity contribution >= 4 is 34.1 Å². The SMILES string of the molecule is COC(=O)C1CCC(NC(=O)c2cccn3c(=O)c4cc(N5CCOCC5)ccc4nc23)CC1. The van der Waals surface area contributed by atoms with Crippen molar-refractivity contribution in [2.75, 3.05) is 38.3 Å². The number of ether oxygens (including phenoxy) is 2. The summed E-state index contributed by atoms with van der Waals surface area (Å²) in [6.07, 6.45) is 4.42. The quantitative estimate of drug-likeness (QED) is 0.466. The summed E-state index contributed by atoms with van der Waals surface area (Å²) in [5.41, 5.74) is 2.00. The summed E-state index contributed by atoms with van der Waals surface area (Å²) in [6.45, 7) is 2.88. The minimum absolute atomic E-state index is 0.0306. The molecule has 3 heterocycles. The molecule has 1 saturated carbocycles. The molecule has 2 aromatic heterocycles. The minimum atomic E-state index is -0.268. The van der Waals surface area contributed by atoms with Crippen LogP contribution in [0.3, 0.4) is 0 Å². The molecular formula is C25H28N4O5. The van der Waals surface area contributed by atoms with Gasteiger partial charge in [-0.3, -0.25) is 18.8 Å². The van der Waals surface area contributed by atoms with Crippen molar-refractivity contribution < 1.29 is 19.1 Å². The van der Waals surface area contributed by atoms with Gasteiger partial charge in [0.1, 0.15) is 0 Å². The second-order valence-electron chi connectivity index (χ2n) is 8.88. The molecule has 0 spiro atoms. The van der Waals surface area contributed by atoms with E-state index in [1.807, 2.05) is 18.2 Å². The lowest BCUT2D eigenvalue weighted by molar-refractivity contribution is -0.146. The van der Waals surface area contributed by atoms with Crippen LogP contribution in [0.5, 0.6) is 0 Å². The van der Waals surface area contributed by atoms with Gasteiger partial charge in [-0.15, -0.1) is 0 Å². The normalized spacial score (nSPS) is 20.9. The van der Waals surface area contributed by atoms with Gasteiger partial charge in [0.2, 0.25) is 0 Å². The summed E-state index contributed by atoms with van der Waals surface area (Å²) in [6, 6.07) is 9.01. The van der Waals surface area contributed by atoms with E-state index in [-0.39, 0.29) is 29.4 Å². The Hall–Kier alpha value is -3.46. The van der Waals surface area contributed by atoms with Gasteiger partial charge in [0.05, 0.1) is 42.7 Å². The van der Waals surface area contributed by atoms with Gasteiger partial charge in [0, 0.05) is 31.0 Å². The molecule has 2 fully saturated rings. The highest BCUT2D eigenvalue weighted by atomic mass is 16.5. The molecule has 2 aliphatic rings. The zero-order valence-electron chi connectivity index (χ0n) is 19.2. The summed E-state index contributed by atoms with van der Waals surface area (Å²) in [5, 5.41) is 3.57. The number of morpholine rings is 1. The number of nitrogens with zero attached hydrogens (tertiary/aromatic N) is 3. The number of carbonyl (C=O) groups is 2. The van der Waals surface area contributed by atoms with Gasteiger partial charge >= 0.3 is 5.97 Å². The zero-order chi connectivity index (χ0) is 23.7. The Morgan fingerprint density at radius 1 is 1.12 bits per heavy atom. The molecule has 0 atom stereocenters. The molecule has 34 heavy (non-hydrogen) atoms. The topological polar surface area (TPSA) is 102 Å². The fourth-order valence-corrected chi connectivity index (χ4v) is 4.91. The molecule has 1 aromatic carbocycles. The van der Waals surface area contributed by atoms with Gasteiger partial charge in [-0.1, -0.05) is 0 Å².